The molecule has 0 aliphatic carbocycles. The zero-order valence-electron chi connectivity index (χ0n) is 15.9. The Hall–Kier alpha value is -3.12. The van der Waals surface area contributed by atoms with Crippen molar-refractivity contribution in [3.05, 3.63) is 71.3 Å². The zero-order chi connectivity index (χ0) is 20.1. The van der Waals surface area contributed by atoms with Gasteiger partial charge in [-0.2, -0.15) is 0 Å². The molecule has 0 radical (unpaired) electrons. The van der Waals surface area contributed by atoms with Gasteiger partial charge in [0.2, 0.25) is 0 Å². The Morgan fingerprint density at radius 1 is 1.04 bits per heavy atom. The van der Waals surface area contributed by atoms with Crippen LogP contribution in [0.5, 0.6) is 5.75 Å². The minimum absolute atomic E-state index is 0.0961. The number of methoxy groups -OCH3 is 2. The molecule has 6 heteroatoms. The number of carbonyl (C=O) groups is 2. The van der Waals surface area contributed by atoms with Crippen molar-refractivity contribution in [2.24, 2.45) is 0 Å². The number of hydrogen-bond donors (Lipinski definition) is 1. The van der Waals surface area contributed by atoms with Gasteiger partial charge < -0.3 is 19.5 Å². The number of ketones is 1. The second-order valence-electron chi connectivity index (χ2n) is 6.48. The summed E-state index contributed by atoms with van der Waals surface area (Å²) in [5, 5.41) is 10.9. The van der Waals surface area contributed by atoms with Crippen molar-refractivity contribution >= 4 is 17.4 Å². The average molecular weight is 381 g/mol. The normalized spacial score (nSPS) is 18.5. The quantitative estimate of drug-likeness (QED) is 0.345. The molecular weight excluding hydrogens is 358 g/mol. The van der Waals surface area contributed by atoms with E-state index in [1.807, 2.05) is 30.3 Å². The molecule has 28 heavy (non-hydrogen) atoms. The summed E-state index contributed by atoms with van der Waals surface area (Å²) < 4.78 is 10.2. The summed E-state index contributed by atoms with van der Waals surface area (Å²) >= 11 is 0. The second kappa shape index (κ2) is 8.71. The van der Waals surface area contributed by atoms with Crippen LogP contribution in [0.2, 0.25) is 0 Å². The van der Waals surface area contributed by atoms with Gasteiger partial charge in [0.1, 0.15) is 11.5 Å². The van der Waals surface area contributed by atoms with Gasteiger partial charge in [0.25, 0.3) is 11.7 Å². The van der Waals surface area contributed by atoms with Crippen LogP contribution >= 0.6 is 0 Å². The lowest BCUT2D eigenvalue weighted by molar-refractivity contribution is -0.140. The van der Waals surface area contributed by atoms with E-state index in [1.54, 1.807) is 38.5 Å². The van der Waals surface area contributed by atoms with Crippen LogP contribution in [0.15, 0.2) is 60.2 Å². The third-order valence-corrected chi connectivity index (χ3v) is 4.77. The molecule has 1 unspecified atom stereocenters. The standard InChI is InChI=1S/C22H23NO5/c1-27-14-6-13-23-19(15-7-4-3-5-8-15)18(21(25)22(23)26)20(24)16-9-11-17(28-2)12-10-16/h3-5,7-12,19,24H,6,13-14H2,1-2H3/b20-18+. The second-order valence-corrected chi connectivity index (χ2v) is 6.48. The molecule has 146 valence electrons. The van der Waals surface area contributed by atoms with E-state index < -0.39 is 17.7 Å². The Morgan fingerprint density at radius 3 is 2.32 bits per heavy atom. The van der Waals surface area contributed by atoms with Gasteiger partial charge in [-0.1, -0.05) is 30.3 Å². The monoisotopic (exact) mass is 381 g/mol. The van der Waals surface area contributed by atoms with Crippen LogP contribution in [0, 0.1) is 0 Å². The number of rotatable bonds is 7. The summed E-state index contributed by atoms with van der Waals surface area (Å²) in [5.41, 5.74) is 1.32. The number of likely N-dealkylation sites (tertiary alicyclic amines) is 1. The van der Waals surface area contributed by atoms with E-state index in [9.17, 15) is 14.7 Å². The smallest absolute Gasteiger partial charge is 0.295 e. The summed E-state index contributed by atoms with van der Waals surface area (Å²) in [7, 11) is 3.14. The van der Waals surface area contributed by atoms with Crippen LogP contribution < -0.4 is 4.74 Å². The number of aliphatic hydroxyl groups excluding tert-OH is 1. The highest BCUT2D eigenvalue weighted by Crippen LogP contribution is 2.39. The van der Waals surface area contributed by atoms with E-state index in [0.717, 1.165) is 5.56 Å². The van der Waals surface area contributed by atoms with Crippen LogP contribution in [0.4, 0.5) is 0 Å². The van der Waals surface area contributed by atoms with Crippen molar-refractivity contribution in [1.29, 1.82) is 0 Å². The van der Waals surface area contributed by atoms with E-state index in [1.165, 1.54) is 4.90 Å². The fraction of sp³-hybridized carbons (Fsp3) is 0.273. The van der Waals surface area contributed by atoms with Crippen LogP contribution in [-0.2, 0) is 14.3 Å². The number of ether oxygens (including phenoxy) is 2. The number of hydrogen-bond acceptors (Lipinski definition) is 5. The number of carbonyl (C=O) groups excluding carboxylic acids is 2. The number of aliphatic hydroxyl groups is 1. The van der Waals surface area contributed by atoms with Crippen LogP contribution in [0.3, 0.4) is 0 Å². The zero-order valence-corrected chi connectivity index (χ0v) is 15.9. The lowest BCUT2D eigenvalue weighted by Gasteiger charge is -2.25. The minimum Gasteiger partial charge on any atom is -0.507 e. The summed E-state index contributed by atoms with van der Waals surface area (Å²) in [4.78, 5) is 27.0. The molecule has 1 N–H and O–H groups in total. The van der Waals surface area contributed by atoms with Gasteiger partial charge in [0, 0.05) is 25.8 Å². The van der Waals surface area contributed by atoms with Crippen LogP contribution in [-0.4, -0.2) is 49.1 Å². The molecule has 2 aromatic rings. The Morgan fingerprint density at radius 2 is 1.71 bits per heavy atom. The molecule has 0 bridgehead atoms. The van der Waals surface area contributed by atoms with Crippen molar-refractivity contribution in [2.75, 3.05) is 27.4 Å². The first-order valence-electron chi connectivity index (χ1n) is 9.05. The molecule has 1 aliphatic heterocycles. The Labute approximate surface area is 164 Å². The van der Waals surface area contributed by atoms with Crippen molar-refractivity contribution in [3.8, 4) is 5.75 Å². The maximum atomic E-state index is 12.8. The van der Waals surface area contributed by atoms with Crippen molar-refractivity contribution in [1.82, 2.24) is 4.90 Å². The van der Waals surface area contributed by atoms with Gasteiger partial charge in [-0.3, -0.25) is 9.59 Å². The molecule has 6 nitrogen and oxygen atoms in total. The van der Waals surface area contributed by atoms with Crippen LogP contribution in [0.25, 0.3) is 5.76 Å². The number of nitrogens with zero attached hydrogens (tertiary/aromatic N) is 1. The highest BCUT2D eigenvalue weighted by atomic mass is 16.5. The molecule has 1 heterocycles. The van der Waals surface area contributed by atoms with Gasteiger partial charge in [0.15, 0.2) is 0 Å². The lowest BCUT2D eigenvalue weighted by atomic mass is 9.95. The minimum atomic E-state index is -0.681. The molecule has 1 aliphatic rings. The van der Waals surface area contributed by atoms with Gasteiger partial charge in [0.05, 0.1) is 18.7 Å². The maximum absolute atomic E-state index is 12.8. The first kappa shape index (κ1) is 19.6. The highest BCUT2D eigenvalue weighted by molar-refractivity contribution is 6.46. The SMILES string of the molecule is COCCCN1C(=O)C(=O)/C(=C(/O)c2ccc(OC)cc2)C1c1ccccc1. The molecule has 3 rings (SSSR count). The van der Waals surface area contributed by atoms with Crippen molar-refractivity contribution in [3.63, 3.8) is 0 Å². The number of Topliss-reactive ketones (excluding diaryl/α,β-unsaturated/α-hetero) is 1. The summed E-state index contributed by atoms with van der Waals surface area (Å²) in [6.07, 6.45) is 0.593. The van der Waals surface area contributed by atoms with Gasteiger partial charge in [-0.25, -0.2) is 0 Å². The molecular formula is C22H23NO5. The molecule has 1 atom stereocenters. The fourth-order valence-electron chi connectivity index (χ4n) is 3.38. The van der Waals surface area contributed by atoms with E-state index in [4.69, 9.17) is 9.47 Å². The molecule has 0 saturated carbocycles. The maximum Gasteiger partial charge on any atom is 0.295 e. The van der Waals surface area contributed by atoms with Gasteiger partial charge >= 0.3 is 0 Å². The van der Waals surface area contributed by atoms with E-state index >= 15 is 0 Å². The van der Waals surface area contributed by atoms with E-state index in [-0.39, 0.29) is 11.3 Å². The Kier molecular flexibility index (Phi) is 6.11. The number of benzene rings is 2. The fourth-order valence-corrected chi connectivity index (χ4v) is 3.38. The third kappa shape index (κ3) is 3.77. The van der Waals surface area contributed by atoms with E-state index in [0.29, 0.717) is 30.9 Å². The first-order chi connectivity index (χ1) is 13.6. The Balaban J connectivity index is 2.07. The molecule has 1 amide bonds. The predicted molar refractivity (Wildman–Crippen MR) is 105 cm³/mol. The van der Waals surface area contributed by atoms with Gasteiger partial charge in [-0.15, -0.1) is 0 Å². The third-order valence-electron chi connectivity index (χ3n) is 4.77. The molecule has 0 aromatic heterocycles. The van der Waals surface area contributed by atoms with Crippen LogP contribution in [0.1, 0.15) is 23.6 Å². The topological polar surface area (TPSA) is 76.1 Å². The molecule has 0 spiro atoms. The lowest BCUT2D eigenvalue weighted by Crippen LogP contribution is -2.31. The number of amides is 1. The van der Waals surface area contributed by atoms with E-state index in [2.05, 4.69) is 0 Å². The van der Waals surface area contributed by atoms with Crippen molar-refractivity contribution in [2.45, 2.75) is 12.5 Å². The molecule has 2 aromatic carbocycles. The first-order valence-corrected chi connectivity index (χ1v) is 9.05. The summed E-state index contributed by atoms with van der Waals surface area (Å²) in [6.45, 7) is 0.834. The molecule has 1 saturated heterocycles. The average Bonchev–Trinajstić information content (AvgIpc) is 2.99. The summed E-state index contributed by atoms with van der Waals surface area (Å²) in [6, 6.07) is 15.3. The largest absolute Gasteiger partial charge is 0.507 e. The molecule has 1 fully saturated rings. The Bertz CT molecular complexity index is 874. The highest BCUT2D eigenvalue weighted by Gasteiger charge is 2.45. The van der Waals surface area contributed by atoms with Gasteiger partial charge in [-0.05, 0) is 36.2 Å². The predicted octanol–water partition coefficient (Wildman–Crippen LogP) is 3.15. The summed E-state index contributed by atoms with van der Waals surface area (Å²) in [5.74, 6) is -0.847. The van der Waals surface area contributed by atoms with Crippen molar-refractivity contribution < 1.29 is 24.2 Å².